The van der Waals surface area contributed by atoms with Gasteiger partial charge < -0.3 is 9.64 Å². The Morgan fingerprint density at radius 2 is 2.27 bits per heavy atom. The molecule has 0 aliphatic heterocycles. The number of anilines is 1. The monoisotopic (exact) mass is 231 g/mol. The average molecular weight is 232 g/mol. The molecule has 5 heteroatoms. The molecule has 0 atom stereocenters. The second-order valence-corrected chi connectivity index (χ2v) is 3.17. The zero-order valence-electron chi connectivity index (χ0n) is 8.46. The Kier molecular flexibility index (Phi) is 3.91. The van der Waals surface area contributed by atoms with E-state index >= 15 is 0 Å². The summed E-state index contributed by atoms with van der Waals surface area (Å²) in [4.78, 5) is 12.5. The number of amides is 1. The van der Waals surface area contributed by atoms with E-state index in [1.54, 1.807) is 6.07 Å². The summed E-state index contributed by atoms with van der Waals surface area (Å²) in [6.45, 7) is 0. The number of carbonyl (C=O) groups excluding carboxylic acids is 1. The number of methoxy groups -OCH3 is 1. The Hall–Kier alpha value is -1.29. The number of ether oxygens (including phenoxy) is 1. The van der Waals surface area contributed by atoms with Gasteiger partial charge >= 0.3 is 0 Å². The Morgan fingerprint density at radius 1 is 1.60 bits per heavy atom. The molecule has 0 heterocycles. The largest absolute Gasteiger partial charge is 0.494 e. The predicted octanol–water partition coefficient (Wildman–Crippen LogP) is 2.04. The van der Waals surface area contributed by atoms with Crippen LogP contribution in [0.2, 0.25) is 0 Å². The summed E-state index contributed by atoms with van der Waals surface area (Å²) < 4.78 is 18.0. The van der Waals surface area contributed by atoms with Crippen LogP contribution in [0.1, 0.15) is 0 Å². The van der Waals surface area contributed by atoms with E-state index in [1.807, 2.05) is 0 Å². The minimum atomic E-state index is -0.510. The molecular formula is C10H11ClFNO2. The lowest BCUT2D eigenvalue weighted by atomic mass is 10.2. The molecule has 1 aromatic rings. The Balaban J connectivity index is 2.97. The molecule has 1 amide bonds. The fraction of sp³-hybridized carbons (Fsp3) is 0.300. The highest BCUT2D eigenvalue weighted by atomic mass is 35.5. The summed E-state index contributed by atoms with van der Waals surface area (Å²) >= 11 is 5.39. The first-order chi connectivity index (χ1) is 7.10. The first kappa shape index (κ1) is 11.8. The third kappa shape index (κ3) is 2.59. The van der Waals surface area contributed by atoms with Crippen LogP contribution in [0.3, 0.4) is 0 Å². The lowest BCUT2D eigenvalue weighted by Crippen LogP contribution is -2.27. The van der Waals surface area contributed by atoms with Crippen molar-refractivity contribution >= 4 is 23.2 Å². The van der Waals surface area contributed by atoms with Gasteiger partial charge in [-0.2, -0.15) is 0 Å². The van der Waals surface area contributed by atoms with Crippen molar-refractivity contribution in [2.75, 3.05) is 24.9 Å². The number of carbonyl (C=O) groups is 1. The van der Waals surface area contributed by atoms with Gasteiger partial charge in [0.2, 0.25) is 5.91 Å². The van der Waals surface area contributed by atoms with Crippen LogP contribution in [-0.2, 0) is 4.79 Å². The fourth-order valence-electron chi connectivity index (χ4n) is 1.10. The molecule has 0 spiro atoms. The standard InChI is InChI=1S/C10H11ClFNO2/c1-13(10(14)6-11)7-3-4-9(15-2)8(12)5-7/h3-5H,6H2,1-2H3. The van der Waals surface area contributed by atoms with Gasteiger partial charge in [0.15, 0.2) is 11.6 Å². The van der Waals surface area contributed by atoms with Crippen molar-refractivity contribution in [1.82, 2.24) is 0 Å². The molecule has 0 bridgehead atoms. The maximum atomic E-state index is 13.3. The lowest BCUT2D eigenvalue weighted by molar-refractivity contribution is -0.116. The average Bonchev–Trinajstić information content (AvgIpc) is 2.26. The van der Waals surface area contributed by atoms with E-state index < -0.39 is 5.82 Å². The molecule has 0 aliphatic rings. The van der Waals surface area contributed by atoms with Crippen molar-refractivity contribution in [3.8, 4) is 5.75 Å². The summed E-state index contributed by atoms with van der Waals surface area (Å²) in [5.74, 6) is -0.791. The highest BCUT2D eigenvalue weighted by Gasteiger charge is 2.11. The van der Waals surface area contributed by atoms with Gasteiger partial charge in [-0.3, -0.25) is 4.79 Å². The zero-order valence-corrected chi connectivity index (χ0v) is 9.21. The summed E-state index contributed by atoms with van der Waals surface area (Å²) in [7, 11) is 2.91. The quantitative estimate of drug-likeness (QED) is 0.745. The molecule has 0 unspecified atom stereocenters. The molecule has 15 heavy (non-hydrogen) atoms. The van der Waals surface area contributed by atoms with Crippen LogP contribution < -0.4 is 9.64 Å². The van der Waals surface area contributed by atoms with Crippen molar-refractivity contribution in [2.24, 2.45) is 0 Å². The van der Waals surface area contributed by atoms with Crippen LogP contribution in [0, 0.1) is 5.82 Å². The molecular weight excluding hydrogens is 221 g/mol. The number of hydrogen-bond donors (Lipinski definition) is 0. The molecule has 0 aliphatic carbocycles. The van der Waals surface area contributed by atoms with Crippen LogP contribution in [0.25, 0.3) is 0 Å². The Bertz CT molecular complexity index is 370. The van der Waals surface area contributed by atoms with Crippen molar-refractivity contribution in [2.45, 2.75) is 0 Å². The van der Waals surface area contributed by atoms with Gasteiger partial charge in [0.25, 0.3) is 0 Å². The number of benzene rings is 1. The summed E-state index contributed by atoms with van der Waals surface area (Å²) in [5.41, 5.74) is 0.443. The molecule has 3 nitrogen and oxygen atoms in total. The summed E-state index contributed by atoms with van der Waals surface area (Å²) in [5, 5.41) is 0. The minimum absolute atomic E-state index is 0.135. The Labute approximate surface area is 92.4 Å². The van der Waals surface area contributed by atoms with Gasteiger partial charge in [-0.05, 0) is 12.1 Å². The SMILES string of the molecule is COc1ccc(N(C)C(=O)CCl)cc1F. The topological polar surface area (TPSA) is 29.5 Å². The molecule has 1 rings (SSSR count). The van der Waals surface area contributed by atoms with E-state index in [9.17, 15) is 9.18 Å². The number of hydrogen-bond acceptors (Lipinski definition) is 2. The first-order valence-electron chi connectivity index (χ1n) is 4.26. The van der Waals surface area contributed by atoms with E-state index in [0.29, 0.717) is 5.69 Å². The zero-order chi connectivity index (χ0) is 11.4. The smallest absolute Gasteiger partial charge is 0.241 e. The van der Waals surface area contributed by atoms with Gasteiger partial charge in [0, 0.05) is 18.8 Å². The van der Waals surface area contributed by atoms with Crippen LogP contribution >= 0.6 is 11.6 Å². The van der Waals surface area contributed by atoms with Crippen LogP contribution in [-0.4, -0.2) is 25.9 Å². The van der Waals surface area contributed by atoms with Gasteiger partial charge in [-0.15, -0.1) is 11.6 Å². The lowest BCUT2D eigenvalue weighted by Gasteiger charge is -2.16. The van der Waals surface area contributed by atoms with Gasteiger partial charge in [0.1, 0.15) is 5.88 Å². The number of halogens is 2. The highest BCUT2D eigenvalue weighted by Crippen LogP contribution is 2.22. The van der Waals surface area contributed by atoms with E-state index in [-0.39, 0.29) is 17.5 Å². The summed E-state index contributed by atoms with van der Waals surface area (Å²) in [6, 6.07) is 4.28. The van der Waals surface area contributed by atoms with Gasteiger partial charge in [-0.25, -0.2) is 4.39 Å². The molecule has 0 N–H and O–H groups in total. The molecule has 1 aromatic carbocycles. The van der Waals surface area contributed by atoms with Crippen LogP contribution in [0.15, 0.2) is 18.2 Å². The van der Waals surface area contributed by atoms with Crippen molar-refractivity contribution in [3.05, 3.63) is 24.0 Å². The minimum Gasteiger partial charge on any atom is -0.494 e. The molecule has 0 aromatic heterocycles. The molecule has 82 valence electrons. The second kappa shape index (κ2) is 4.98. The molecule has 0 saturated heterocycles. The number of rotatable bonds is 3. The van der Waals surface area contributed by atoms with Gasteiger partial charge in [-0.1, -0.05) is 0 Å². The Morgan fingerprint density at radius 3 is 2.73 bits per heavy atom. The molecule has 0 radical (unpaired) electrons. The van der Waals surface area contributed by atoms with Gasteiger partial charge in [0.05, 0.1) is 7.11 Å². The molecule has 0 fully saturated rings. The van der Waals surface area contributed by atoms with Crippen molar-refractivity contribution in [1.29, 1.82) is 0 Å². The van der Waals surface area contributed by atoms with Crippen LogP contribution in [0.4, 0.5) is 10.1 Å². The summed E-state index contributed by atoms with van der Waals surface area (Å²) in [6.07, 6.45) is 0. The van der Waals surface area contributed by atoms with E-state index in [1.165, 1.54) is 31.2 Å². The third-order valence-corrected chi connectivity index (χ3v) is 2.24. The second-order valence-electron chi connectivity index (χ2n) is 2.91. The van der Waals surface area contributed by atoms with E-state index in [4.69, 9.17) is 16.3 Å². The van der Waals surface area contributed by atoms with E-state index in [2.05, 4.69) is 0 Å². The van der Waals surface area contributed by atoms with Crippen molar-refractivity contribution < 1.29 is 13.9 Å². The normalized spacial score (nSPS) is 9.87. The maximum Gasteiger partial charge on any atom is 0.241 e. The third-order valence-electron chi connectivity index (χ3n) is 2.01. The first-order valence-corrected chi connectivity index (χ1v) is 4.79. The molecule has 0 saturated carbocycles. The highest BCUT2D eigenvalue weighted by molar-refractivity contribution is 6.29. The van der Waals surface area contributed by atoms with Crippen molar-refractivity contribution in [3.63, 3.8) is 0 Å². The van der Waals surface area contributed by atoms with E-state index in [0.717, 1.165) is 0 Å². The number of nitrogens with zero attached hydrogens (tertiary/aromatic N) is 1. The van der Waals surface area contributed by atoms with Crippen LogP contribution in [0.5, 0.6) is 5.75 Å². The number of alkyl halides is 1. The fourth-order valence-corrected chi connectivity index (χ4v) is 1.28. The predicted molar refractivity (Wildman–Crippen MR) is 57.1 cm³/mol. The maximum absolute atomic E-state index is 13.3.